The number of hydrogen-bond acceptors (Lipinski definition) is 12. The van der Waals surface area contributed by atoms with Crippen LogP contribution in [0, 0.1) is 0 Å². The second-order valence-corrected chi connectivity index (χ2v) is 14.3. The molecule has 0 amide bonds. The second-order valence-electron chi connectivity index (χ2n) is 14.3. The smallest absolute Gasteiger partial charge is 0.477 e. The average molecular weight is 630 g/mol. The molecule has 0 radical (unpaired) electrons. The lowest BCUT2D eigenvalue weighted by molar-refractivity contribution is -0.175. The molecule has 2 aliphatic heterocycles. The molecule has 2 aliphatic carbocycles. The Labute approximate surface area is 262 Å². The third kappa shape index (κ3) is 6.02. The summed E-state index contributed by atoms with van der Waals surface area (Å²) in [7, 11) is 1.98. The van der Waals surface area contributed by atoms with Crippen LogP contribution in [0.3, 0.4) is 0 Å². The Hall–Kier alpha value is -3.64. The highest BCUT2D eigenvalue weighted by Crippen LogP contribution is 2.65. The molecule has 1 fully saturated rings. The van der Waals surface area contributed by atoms with Crippen LogP contribution in [-0.2, 0) is 45.2 Å². The van der Waals surface area contributed by atoms with E-state index in [1.165, 1.54) is 6.92 Å². The van der Waals surface area contributed by atoms with Crippen molar-refractivity contribution in [2.45, 2.75) is 121 Å². The minimum Gasteiger partial charge on any atom is -0.477 e. The predicted molar refractivity (Wildman–Crippen MR) is 159 cm³/mol. The Morgan fingerprint density at radius 1 is 1.02 bits per heavy atom. The lowest BCUT2D eigenvalue weighted by Gasteiger charge is -2.61. The first-order chi connectivity index (χ1) is 20.8. The third-order valence-corrected chi connectivity index (χ3v) is 8.73. The van der Waals surface area contributed by atoms with Crippen molar-refractivity contribution in [1.29, 1.82) is 0 Å². The molecule has 1 spiro atoms. The topological polar surface area (TPSA) is 147 Å². The fourth-order valence-electron chi connectivity index (χ4n) is 6.97. The number of ether oxygens (including phenoxy) is 6. The molecule has 0 saturated carbocycles. The van der Waals surface area contributed by atoms with E-state index < -0.39 is 58.5 Å². The van der Waals surface area contributed by atoms with Crippen LogP contribution in [0.4, 0.5) is 4.79 Å². The molecule has 1 aromatic carbocycles. The van der Waals surface area contributed by atoms with Crippen LogP contribution < -0.4 is 9.47 Å². The molecular weight excluding hydrogens is 586 g/mol. The molecule has 45 heavy (non-hydrogen) atoms. The van der Waals surface area contributed by atoms with E-state index in [9.17, 15) is 24.3 Å². The zero-order chi connectivity index (χ0) is 33.1. The van der Waals surface area contributed by atoms with Crippen LogP contribution in [-0.4, -0.2) is 82.7 Å². The monoisotopic (exact) mass is 629 g/mol. The first-order valence-electron chi connectivity index (χ1n) is 15.3. The van der Waals surface area contributed by atoms with Crippen molar-refractivity contribution in [2.75, 3.05) is 13.6 Å². The van der Waals surface area contributed by atoms with Crippen molar-refractivity contribution in [2.24, 2.45) is 0 Å². The summed E-state index contributed by atoms with van der Waals surface area (Å²) in [5.41, 5.74) is -2.02. The first kappa shape index (κ1) is 32.7. The van der Waals surface area contributed by atoms with Gasteiger partial charge in [0, 0.05) is 18.0 Å². The molecule has 1 N–H and O–H groups in total. The highest BCUT2D eigenvalue weighted by molar-refractivity contribution is 5.82. The van der Waals surface area contributed by atoms with Crippen LogP contribution in [0.2, 0.25) is 0 Å². The summed E-state index contributed by atoms with van der Waals surface area (Å²) >= 11 is 0. The molecule has 2 bridgehead atoms. The van der Waals surface area contributed by atoms with Crippen LogP contribution in [0.25, 0.3) is 0 Å². The fraction of sp³-hybridized carbons (Fsp3) is 0.636. The number of benzene rings is 1. The maximum Gasteiger partial charge on any atom is 0.514 e. The summed E-state index contributed by atoms with van der Waals surface area (Å²) in [5.74, 6) is -1.51. The molecule has 12 nitrogen and oxygen atoms in total. The van der Waals surface area contributed by atoms with Crippen LogP contribution in [0.5, 0.6) is 11.5 Å². The predicted octanol–water partition coefficient (Wildman–Crippen LogP) is 3.88. The summed E-state index contributed by atoms with van der Waals surface area (Å²) in [4.78, 5) is 52.4. The quantitative estimate of drug-likeness (QED) is 0.265. The maximum atomic E-state index is 13.2. The molecule has 246 valence electrons. The van der Waals surface area contributed by atoms with E-state index in [0.29, 0.717) is 25.1 Å². The normalized spacial score (nSPS) is 27.3. The van der Waals surface area contributed by atoms with Crippen LogP contribution in [0.15, 0.2) is 24.0 Å². The zero-order valence-corrected chi connectivity index (χ0v) is 27.2. The average Bonchev–Trinajstić information content (AvgIpc) is 3.26. The van der Waals surface area contributed by atoms with Gasteiger partial charge in [0.15, 0.2) is 23.7 Å². The van der Waals surface area contributed by atoms with Gasteiger partial charge in [0.05, 0.1) is 23.9 Å². The highest BCUT2D eigenvalue weighted by Gasteiger charge is 2.72. The number of carbonyl (C=O) groups is 4. The number of rotatable bonds is 7. The summed E-state index contributed by atoms with van der Waals surface area (Å²) in [6, 6.07) is 3.30. The van der Waals surface area contributed by atoms with Gasteiger partial charge in [0.25, 0.3) is 0 Å². The molecule has 5 atom stereocenters. The van der Waals surface area contributed by atoms with Gasteiger partial charge in [0.2, 0.25) is 0 Å². The van der Waals surface area contributed by atoms with Gasteiger partial charge in [0.1, 0.15) is 17.0 Å². The van der Waals surface area contributed by atoms with E-state index in [-0.39, 0.29) is 36.8 Å². The Morgan fingerprint density at radius 2 is 1.69 bits per heavy atom. The number of likely N-dealkylation sites (tertiary alicyclic amines) is 1. The van der Waals surface area contributed by atoms with Gasteiger partial charge in [-0.3, -0.25) is 9.59 Å². The maximum absolute atomic E-state index is 13.2. The second kappa shape index (κ2) is 11.3. The van der Waals surface area contributed by atoms with E-state index in [2.05, 4.69) is 4.90 Å². The fourth-order valence-corrected chi connectivity index (χ4v) is 6.97. The number of hydrogen-bond donors (Lipinski definition) is 1. The van der Waals surface area contributed by atoms with Crippen molar-refractivity contribution >= 4 is 24.1 Å². The Morgan fingerprint density at radius 3 is 2.36 bits per heavy atom. The van der Waals surface area contributed by atoms with Crippen molar-refractivity contribution in [1.82, 2.24) is 4.90 Å². The van der Waals surface area contributed by atoms with Crippen LogP contribution >= 0.6 is 0 Å². The number of likely N-dealkylation sites (N-methyl/N-ethyl adjacent to an activating group) is 1. The lowest BCUT2D eigenvalue weighted by atomic mass is 9.50. The van der Waals surface area contributed by atoms with Gasteiger partial charge in [-0.25, -0.2) is 9.59 Å². The molecule has 12 heteroatoms. The molecule has 1 aromatic rings. The summed E-state index contributed by atoms with van der Waals surface area (Å²) in [5, 5.41) is 12.4. The van der Waals surface area contributed by atoms with E-state index in [4.69, 9.17) is 28.4 Å². The van der Waals surface area contributed by atoms with Gasteiger partial charge in [-0.05, 0) is 92.6 Å². The van der Waals surface area contributed by atoms with Gasteiger partial charge in [-0.2, -0.15) is 0 Å². The number of carbonyl (C=O) groups excluding carboxylic acids is 4. The van der Waals surface area contributed by atoms with Crippen LogP contribution in [0.1, 0.15) is 85.3 Å². The molecular formula is C33H43NO11. The summed E-state index contributed by atoms with van der Waals surface area (Å²) in [6.45, 7) is 12.4. The largest absolute Gasteiger partial charge is 0.514 e. The summed E-state index contributed by atoms with van der Waals surface area (Å²) in [6.07, 6.45) is -0.665. The Balaban J connectivity index is 1.37. The van der Waals surface area contributed by atoms with E-state index >= 15 is 0 Å². The number of esters is 3. The van der Waals surface area contributed by atoms with Crippen molar-refractivity contribution < 1.29 is 52.7 Å². The molecule has 0 aromatic heterocycles. The SMILES string of the molecule is C[C@H](OC(=O)CCC(=O)OC(C)(C)C)C(=O)OC1=CC[C@@]2(O)[C@H]3Cc4ccc(OC(=O)OC(C)(C)C)c5c4[C@@]2(CCN3C)[C@H]1O5. The minimum absolute atomic E-state index is 0.143. The molecule has 4 aliphatic rings. The van der Waals surface area contributed by atoms with Crippen molar-refractivity contribution in [3.63, 3.8) is 0 Å². The van der Waals surface area contributed by atoms with Gasteiger partial charge in [-0.1, -0.05) is 6.07 Å². The van der Waals surface area contributed by atoms with Crippen molar-refractivity contribution in [3.05, 3.63) is 35.1 Å². The van der Waals surface area contributed by atoms with E-state index in [1.54, 1.807) is 53.7 Å². The molecule has 1 saturated heterocycles. The lowest BCUT2D eigenvalue weighted by Crippen LogP contribution is -2.74. The minimum atomic E-state index is -1.28. The summed E-state index contributed by atoms with van der Waals surface area (Å²) < 4.78 is 33.8. The van der Waals surface area contributed by atoms with E-state index in [0.717, 1.165) is 11.1 Å². The number of nitrogens with zero attached hydrogens (tertiary/aromatic N) is 1. The zero-order valence-electron chi connectivity index (χ0n) is 27.2. The van der Waals surface area contributed by atoms with Gasteiger partial charge in [-0.15, -0.1) is 0 Å². The van der Waals surface area contributed by atoms with Crippen molar-refractivity contribution in [3.8, 4) is 11.5 Å². The highest BCUT2D eigenvalue weighted by atomic mass is 16.7. The van der Waals surface area contributed by atoms with E-state index in [1.807, 2.05) is 13.1 Å². The number of aliphatic hydroxyl groups is 1. The standard InChI is InChI=1S/C33H43NO11/c1-18(40-23(35)11-12-24(36)44-30(2,3)4)28(37)41-21-13-14-33(39)22-17-19-9-10-20(42-29(38)45-31(5,6)7)26-25(19)32(33,27(21)43-26)15-16-34(22)8/h9-10,13,18,22,27,39H,11-12,14-17H2,1-8H3/t18-,22+,27-,32-,33+/m0/s1. The molecule has 2 heterocycles. The Bertz CT molecular complexity index is 1440. The third-order valence-electron chi connectivity index (χ3n) is 8.73. The molecule has 5 rings (SSSR count). The number of piperidine rings is 1. The Kier molecular flexibility index (Phi) is 8.23. The van der Waals surface area contributed by atoms with Gasteiger partial charge >= 0.3 is 24.1 Å². The first-order valence-corrected chi connectivity index (χ1v) is 15.3. The molecule has 0 unspecified atom stereocenters. The van der Waals surface area contributed by atoms with Gasteiger partial charge < -0.3 is 38.4 Å².